The minimum Gasteiger partial charge on any atom is -0.477 e. The number of carboxylic acids is 1. The minimum atomic E-state index is -3.11. The van der Waals surface area contributed by atoms with Gasteiger partial charge in [0, 0.05) is 49.1 Å². The molecule has 24 heavy (non-hydrogen) atoms. The van der Waals surface area contributed by atoms with E-state index >= 15 is 0 Å². The van der Waals surface area contributed by atoms with E-state index < -0.39 is 42.9 Å². The van der Waals surface area contributed by atoms with Crippen LogP contribution >= 0.6 is 11.6 Å². The molecule has 126 valence electrons. The van der Waals surface area contributed by atoms with E-state index in [4.69, 9.17) is 22.6 Å². The van der Waals surface area contributed by atoms with Gasteiger partial charge in [0.25, 0.3) is 0 Å². The number of anilines is 1. The Kier molecular flexibility index (Phi) is 2.14. The van der Waals surface area contributed by atoms with Crippen molar-refractivity contribution in [1.29, 1.82) is 0 Å². The Morgan fingerprint density at radius 3 is 2.67 bits per heavy atom. The van der Waals surface area contributed by atoms with E-state index in [2.05, 4.69) is 0 Å². The van der Waals surface area contributed by atoms with Gasteiger partial charge in [0.2, 0.25) is 5.43 Å². The molecule has 0 bridgehead atoms. The molecule has 0 radical (unpaired) electrons. The highest BCUT2D eigenvalue weighted by Gasteiger charge is 2.27. The predicted octanol–water partition coefficient (Wildman–Crippen LogP) is 2.10. The van der Waals surface area contributed by atoms with Crippen LogP contribution in [0.2, 0.25) is 5.02 Å². The van der Waals surface area contributed by atoms with Crippen molar-refractivity contribution < 1.29 is 20.9 Å². The number of rotatable bonds is 3. The maximum absolute atomic E-state index is 12.7. The monoisotopic (exact) mass is 355 g/mol. The average Bonchev–Trinajstić information content (AvgIpc) is 3.45. The van der Waals surface area contributed by atoms with Gasteiger partial charge in [0.1, 0.15) is 5.56 Å². The number of nitrogens with one attached hydrogen (secondary N) is 1. The van der Waals surface area contributed by atoms with Gasteiger partial charge < -0.3 is 19.9 Å². The second-order valence-electron chi connectivity index (χ2n) is 5.57. The maximum Gasteiger partial charge on any atom is 0.341 e. The van der Waals surface area contributed by atoms with Gasteiger partial charge in [-0.2, -0.15) is 0 Å². The molecule has 2 heterocycles. The molecule has 0 unspecified atom stereocenters. The maximum atomic E-state index is 12.7. The summed E-state index contributed by atoms with van der Waals surface area (Å²) in [7, 11) is 0. The lowest BCUT2D eigenvalue weighted by molar-refractivity contribution is 0.0695. The van der Waals surface area contributed by atoms with Crippen LogP contribution in [0.3, 0.4) is 0 Å². The lowest BCUT2D eigenvalue weighted by Gasteiger charge is -2.30. The van der Waals surface area contributed by atoms with Gasteiger partial charge in [-0.1, -0.05) is 11.6 Å². The second kappa shape index (κ2) is 5.79. The average molecular weight is 356 g/mol. The van der Waals surface area contributed by atoms with Gasteiger partial charge in [-0.15, -0.1) is 0 Å². The van der Waals surface area contributed by atoms with Crippen molar-refractivity contribution in [3.63, 3.8) is 0 Å². The van der Waals surface area contributed by atoms with Gasteiger partial charge in [0.05, 0.1) is 21.7 Å². The summed E-state index contributed by atoms with van der Waals surface area (Å²) >= 11 is 6.29. The van der Waals surface area contributed by atoms with Crippen molar-refractivity contribution >= 4 is 34.2 Å². The zero-order chi connectivity index (χ0) is 24.0. The summed E-state index contributed by atoms with van der Waals surface area (Å²) < 4.78 is 66.6. The van der Waals surface area contributed by atoms with Gasteiger partial charge >= 0.3 is 5.97 Å². The van der Waals surface area contributed by atoms with E-state index in [0.29, 0.717) is 17.7 Å². The zero-order valence-corrected chi connectivity index (χ0v) is 13.0. The Labute approximate surface area is 154 Å². The smallest absolute Gasteiger partial charge is 0.341 e. The van der Waals surface area contributed by atoms with Gasteiger partial charge in [-0.05, 0) is 25.0 Å². The number of carboxylic acid groups (broad SMARTS) is 1. The number of fused-ring (bicyclic) bond motifs is 1. The normalized spacial score (nSPS) is 31.5. The summed E-state index contributed by atoms with van der Waals surface area (Å²) in [5, 5.41) is 10.7. The Morgan fingerprint density at radius 2 is 2.04 bits per heavy atom. The van der Waals surface area contributed by atoms with E-state index in [0.717, 1.165) is 6.07 Å². The highest BCUT2D eigenvalue weighted by Crippen LogP contribution is 2.39. The SMILES string of the molecule is [2H]C1([2H])NC([2H])([2H])C([2H])([2H])N(c2cc3c(cc2Cl)c(=O)c(C(=O)O)cn3C2CC2)C1([2H])[2H]. The van der Waals surface area contributed by atoms with Crippen LogP contribution in [0.1, 0.15) is 40.2 Å². The number of carbonyl (C=O) groups is 1. The van der Waals surface area contributed by atoms with Crippen molar-refractivity contribution in [1.82, 2.24) is 9.88 Å². The first kappa shape index (κ1) is 8.87. The number of hydrogen-bond donors (Lipinski definition) is 2. The third-order valence-electron chi connectivity index (χ3n) is 3.97. The number of aromatic carboxylic acids is 1. The number of halogens is 1. The highest BCUT2D eigenvalue weighted by molar-refractivity contribution is 6.34. The van der Waals surface area contributed by atoms with Crippen LogP contribution in [0.15, 0.2) is 23.1 Å². The first-order valence-electron chi connectivity index (χ1n) is 11.2. The molecule has 1 aliphatic carbocycles. The lowest BCUT2D eigenvalue weighted by atomic mass is 10.1. The molecule has 0 spiro atoms. The van der Waals surface area contributed by atoms with Crippen molar-refractivity contribution in [3.05, 3.63) is 39.1 Å². The van der Waals surface area contributed by atoms with Crippen molar-refractivity contribution in [2.24, 2.45) is 0 Å². The fourth-order valence-corrected chi connectivity index (χ4v) is 2.93. The number of nitrogens with zero attached hydrogens (tertiary/aromatic N) is 2. The molecular formula is C17H18ClN3O3. The first-order valence-corrected chi connectivity index (χ1v) is 7.62. The standard InChI is InChI=1S/C17H18ClN3O3/c18-13-7-11-14(8-15(13)20-5-3-19-4-6-20)21(10-1-2-10)9-12(16(11)22)17(23)24/h7-10,19H,1-6H2,(H,23,24)/i3D2,4D2,5D2,6D2. The molecule has 1 aromatic carbocycles. The van der Waals surface area contributed by atoms with E-state index in [9.17, 15) is 14.7 Å². The number of benzene rings is 1. The first-order chi connectivity index (χ1) is 14.5. The molecular weight excluding hydrogens is 330 g/mol. The summed E-state index contributed by atoms with van der Waals surface area (Å²) in [6, 6.07) is 2.13. The topological polar surface area (TPSA) is 74.6 Å². The molecule has 1 saturated carbocycles. The van der Waals surface area contributed by atoms with E-state index in [1.165, 1.54) is 16.8 Å². The van der Waals surface area contributed by atoms with Crippen LogP contribution in [0.4, 0.5) is 5.69 Å². The highest BCUT2D eigenvalue weighted by atomic mass is 35.5. The summed E-state index contributed by atoms with van der Waals surface area (Å²) in [5.41, 5.74) is -1.52. The molecule has 2 N–H and O–H groups in total. The van der Waals surface area contributed by atoms with Crippen LogP contribution in [0, 0.1) is 0 Å². The van der Waals surface area contributed by atoms with Crippen molar-refractivity contribution in [2.45, 2.75) is 18.9 Å². The molecule has 2 aromatic rings. The van der Waals surface area contributed by atoms with Crippen LogP contribution in [-0.2, 0) is 0 Å². The summed E-state index contributed by atoms with van der Waals surface area (Å²) in [6.45, 7) is -12.3. The quantitative estimate of drug-likeness (QED) is 0.882. The lowest BCUT2D eigenvalue weighted by Crippen LogP contribution is -2.43. The van der Waals surface area contributed by atoms with Crippen molar-refractivity contribution in [3.8, 4) is 0 Å². The number of pyridine rings is 1. The molecule has 0 amide bonds. The van der Waals surface area contributed by atoms with E-state index in [-0.39, 0.29) is 27.7 Å². The Balaban J connectivity index is 2.05. The van der Waals surface area contributed by atoms with Crippen LogP contribution in [0.25, 0.3) is 10.9 Å². The van der Waals surface area contributed by atoms with Crippen LogP contribution < -0.4 is 15.6 Å². The summed E-state index contributed by atoms with van der Waals surface area (Å²) in [4.78, 5) is 24.5. The molecule has 1 aromatic heterocycles. The zero-order valence-electron chi connectivity index (χ0n) is 20.3. The second-order valence-corrected chi connectivity index (χ2v) is 5.98. The number of hydrogen-bond acceptors (Lipinski definition) is 4. The van der Waals surface area contributed by atoms with Crippen LogP contribution in [0.5, 0.6) is 0 Å². The molecule has 2 aliphatic rings. The third-order valence-corrected chi connectivity index (χ3v) is 4.28. The summed E-state index contributed by atoms with van der Waals surface area (Å²) in [5.74, 6) is -1.43. The van der Waals surface area contributed by atoms with Gasteiger partial charge in [-0.3, -0.25) is 4.79 Å². The third kappa shape index (κ3) is 2.56. The molecule has 1 aliphatic heterocycles. The summed E-state index contributed by atoms with van der Waals surface area (Å²) in [6.07, 6.45) is 2.58. The fourth-order valence-electron chi connectivity index (χ4n) is 2.68. The van der Waals surface area contributed by atoms with E-state index in [1.807, 2.05) is 0 Å². The molecule has 6 nitrogen and oxygen atoms in total. The molecule has 7 heteroatoms. The minimum absolute atomic E-state index is 0.0761. The molecule has 0 atom stereocenters. The van der Waals surface area contributed by atoms with Gasteiger partial charge in [-0.25, -0.2) is 4.79 Å². The molecule has 4 rings (SSSR count). The largest absolute Gasteiger partial charge is 0.477 e. The Bertz CT molecular complexity index is 1190. The predicted molar refractivity (Wildman–Crippen MR) is 93.5 cm³/mol. The number of aromatic nitrogens is 1. The Morgan fingerprint density at radius 1 is 1.33 bits per heavy atom. The van der Waals surface area contributed by atoms with Crippen LogP contribution in [-0.4, -0.2) is 41.6 Å². The van der Waals surface area contributed by atoms with E-state index in [1.54, 1.807) is 5.32 Å². The van der Waals surface area contributed by atoms with Crippen molar-refractivity contribution in [2.75, 3.05) is 30.9 Å². The fraction of sp³-hybridized carbons (Fsp3) is 0.412. The Hall–Kier alpha value is -2.05. The van der Waals surface area contributed by atoms with Gasteiger partial charge in [0.15, 0.2) is 0 Å². The molecule has 1 saturated heterocycles. The number of piperazine rings is 1. The molecule has 2 fully saturated rings.